The lowest BCUT2D eigenvalue weighted by molar-refractivity contribution is 0.425. The lowest BCUT2D eigenvalue weighted by atomic mass is 10.0. The van der Waals surface area contributed by atoms with Crippen LogP contribution in [0.4, 0.5) is 0 Å². The predicted molar refractivity (Wildman–Crippen MR) is 90.5 cm³/mol. The Hall–Kier alpha value is -0.330. The second-order valence-electron chi connectivity index (χ2n) is 4.31. The van der Waals surface area contributed by atoms with Gasteiger partial charge in [0.05, 0.1) is 6.04 Å². The Morgan fingerprint density at radius 1 is 1.26 bits per heavy atom. The van der Waals surface area contributed by atoms with Gasteiger partial charge in [-0.15, -0.1) is 0 Å². The van der Waals surface area contributed by atoms with E-state index in [2.05, 4.69) is 88.0 Å². The third kappa shape index (κ3) is 3.61. The first kappa shape index (κ1) is 15.1. The summed E-state index contributed by atoms with van der Waals surface area (Å²) in [6, 6.07) is 10.6. The van der Waals surface area contributed by atoms with Gasteiger partial charge in [0.1, 0.15) is 11.5 Å². The molecule has 0 spiro atoms. The molecule has 1 N–H and O–H groups in total. The van der Waals surface area contributed by atoms with Gasteiger partial charge in [-0.1, -0.05) is 29.8 Å². The summed E-state index contributed by atoms with van der Waals surface area (Å²) in [6.07, 6.45) is 0.923. The maximum Gasteiger partial charge on any atom is 0.125 e. The highest BCUT2D eigenvalue weighted by Gasteiger charge is 2.19. The van der Waals surface area contributed by atoms with E-state index in [-0.39, 0.29) is 6.04 Å². The molecule has 0 radical (unpaired) electrons. The average Bonchev–Trinajstić information content (AvgIpc) is 2.88. The largest absolute Gasteiger partial charge is 0.464 e. The highest BCUT2D eigenvalue weighted by atomic mass is 127. The molecule has 102 valence electrons. The first-order chi connectivity index (χ1) is 9.15. The summed E-state index contributed by atoms with van der Waals surface area (Å²) < 4.78 is 8.24. The van der Waals surface area contributed by atoms with E-state index < -0.39 is 0 Å². The lowest BCUT2D eigenvalue weighted by Gasteiger charge is -2.18. The second kappa shape index (κ2) is 6.90. The van der Waals surface area contributed by atoms with Gasteiger partial charge < -0.3 is 9.73 Å². The van der Waals surface area contributed by atoms with E-state index in [1.807, 2.05) is 0 Å². The third-order valence-corrected chi connectivity index (χ3v) is 4.39. The van der Waals surface area contributed by atoms with Crippen LogP contribution in [-0.4, -0.2) is 6.54 Å². The Balaban J connectivity index is 2.41. The van der Waals surface area contributed by atoms with E-state index in [1.54, 1.807) is 0 Å². The van der Waals surface area contributed by atoms with E-state index in [4.69, 9.17) is 4.42 Å². The van der Waals surface area contributed by atoms with E-state index in [0.717, 1.165) is 29.0 Å². The summed E-state index contributed by atoms with van der Waals surface area (Å²) in [5.41, 5.74) is 1.21. The van der Waals surface area contributed by atoms with Gasteiger partial charge in [0, 0.05) is 14.5 Å². The van der Waals surface area contributed by atoms with Crippen LogP contribution in [0.25, 0.3) is 0 Å². The van der Waals surface area contributed by atoms with Crippen molar-refractivity contribution in [3.63, 3.8) is 0 Å². The fourth-order valence-corrected chi connectivity index (χ4v) is 3.03. The minimum atomic E-state index is 0.0920. The number of rotatable bonds is 5. The molecule has 1 unspecified atom stereocenters. The quantitative estimate of drug-likeness (QED) is 0.678. The molecule has 0 aliphatic carbocycles. The van der Waals surface area contributed by atoms with E-state index in [0.29, 0.717) is 0 Å². The van der Waals surface area contributed by atoms with Crippen LogP contribution in [0.15, 0.2) is 39.2 Å². The van der Waals surface area contributed by atoms with Crippen LogP contribution in [-0.2, 0) is 6.42 Å². The fourth-order valence-electron chi connectivity index (χ4n) is 2.04. The molecule has 0 bridgehead atoms. The zero-order chi connectivity index (χ0) is 13.8. The summed E-state index contributed by atoms with van der Waals surface area (Å²) >= 11 is 5.97. The summed E-state index contributed by atoms with van der Waals surface area (Å²) in [4.78, 5) is 0. The number of hydrogen-bond acceptors (Lipinski definition) is 2. The van der Waals surface area contributed by atoms with Crippen molar-refractivity contribution < 1.29 is 4.42 Å². The molecule has 0 aliphatic rings. The average molecular weight is 434 g/mol. The first-order valence-corrected chi connectivity index (χ1v) is 8.29. The van der Waals surface area contributed by atoms with Crippen LogP contribution in [0.2, 0.25) is 0 Å². The number of furan rings is 1. The molecule has 1 aromatic heterocycles. The molecule has 0 saturated carbocycles. The van der Waals surface area contributed by atoms with Crippen molar-refractivity contribution in [3.05, 3.63) is 55.5 Å². The van der Waals surface area contributed by atoms with Crippen LogP contribution in [0.5, 0.6) is 0 Å². The van der Waals surface area contributed by atoms with Crippen molar-refractivity contribution in [2.24, 2.45) is 0 Å². The zero-order valence-electron chi connectivity index (χ0n) is 11.0. The predicted octanol–water partition coefficient (Wildman–Crippen LogP) is 4.91. The van der Waals surface area contributed by atoms with Crippen LogP contribution >= 0.6 is 38.5 Å². The zero-order valence-corrected chi connectivity index (χ0v) is 14.8. The second-order valence-corrected chi connectivity index (χ2v) is 6.41. The number of aryl methyl sites for hydroxylation is 1. The molecular weight excluding hydrogens is 417 g/mol. The molecule has 2 aromatic rings. The molecule has 0 aliphatic heterocycles. The van der Waals surface area contributed by atoms with Crippen molar-refractivity contribution in [1.82, 2.24) is 5.32 Å². The van der Waals surface area contributed by atoms with Gasteiger partial charge in [0.25, 0.3) is 0 Å². The number of hydrogen-bond donors (Lipinski definition) is 1. The van der Waals surface area contributed by atoms with Crippen LogP contribution < -0.4 is 5.32 Å². The summed E-state index contributed by atoms with van der Waals surface area (Å²) in [7, 11) is 0. The maximum absolute atomic E-state index is 5.91. The Kier molecular flexibility index (Phi) is 5.47. The highest BCUT2D eigenvalue weighted by Crippen LogP contribution is 2.31. The molecule has 0 saturated heterocycles. The Labute approximate surface area is 136 Å². The van der Waals surface area contributed by atoms with Gasteiger partial charge in [-0.3, -0.25) is 0 Å². The smallest absolute Gasteiger partial charge is 0.125 e. The van der Waals surface area contributed by atoms with Crippen LogP contribution in [0, 0.1) is 3.57 Å². The van der Waals surface area contributed by atoms with Crippen molar-refractivity contribution in [3.8, 4) is 0 Å². The Bertz CT molecular complexity index is 553. The highest BCUT2D eigenvalue weighted by molar-refractivity contribution is 14.1. The van der Waals surface area contributed by atoms with Gasteiger partial charge in [-0.25, -0.2) is 0 Å². The SMILES string of the molecule is CCNC(c1ccc(CC)o1)c1cc(I)ccc1Br. The molecule has 1 atom stereocenters. The van der Waals surface area contributed by atoms with Crippen molar-refractivity contribution in [1.29, 1.82) is 0 Å². The first-order valence-electron chi connectivity index (χ1n) is 6.42. The molecule has 4 heteroatoms. The standard InChI is InChI=1S/C15H17BrINO/c1-3-11-6-8-14(19-11)15(18-4-2)12-9-10(17)5-7-13(12)16/h5-9,15,18H,3-4H2,1-2H3. The van der Waals surface area contributed by atoms with Crippen molar-refractivity contribution in [2.45, 2.75) is 26.3 Å². The summed E-state index contributed by atoms with van der Waals surface area (Å²) in [6.45, 7) is 5.11. The fraction of sp³-hybridized carbons (Fsp3) is 0.333. The molecule has 1 heterocycles. The maximum atomic E-state index is 5.91. The Morgan fingerprint density at radius 2 is 2.05 bits per heavy atom. The van der Waals surface area contributed by atoms with Crippen molar-refractivity contribution in [2.75, 3.05) is 6.54 Å². The van der Waals surface area contributed by atoms with Gasteiger partial charge in [-0.2, -0.15) is 0 Å². The number of nitrogens with one attached hydrogen (secondary N) is 1. The third-order valence-electron chi connectivity index (χ3n) is 2.99. The van der Waals surface area contributed by atoms with E-state index >= 15 is 0 Å². The van der Waals surface area contributed by atoms with Crippen molar-refractivity contribution >= 4 is 38.5 Å². The topological polar surface area (TPSA) is 25.2 Å². The summed E-state index contributed by atoms with van der Waals surface area (Å²) in [5.74, 6) is 2.00. The van der Waals surface area contributed by atoms with Gasteiger partial charge in [0.2, 0.25) is 0 Å². The molecular formula is C15H17BrINO. The molecule has 0 fully saturated rings. The molecule has 1 aromatic carbocycles. The minimum absolute atomic E-state index is 0.0920. The minimum Gasteiger partial charge on any atom is -0.464 e. The van der Waals surface area contributed by atoms with Crippen LogP contribution in [0.1, 0.15) is 37.0 Å². The number of halogens is 2. The number of benzene rings is 1. The monoisotopic (exact) mass is 433 g/mol. The van der Waals surface area contributed by atoms with Crippen LogP contribution in [0.3, 0.4) is 0 Å². The normalized spacial score (nSPS) is 12.6. The van der Waals surface area contributed by atoms with Gasteiger partial charge in [-0.05, 0) is 65.0 Å². The molecule has 2 rings (SSSR count). The summed E-state index contributed by atoms with van der Waals surface area (Å²) in [5, 5.41) is 3.49. The van der Waals surface area contributed by atoms with Gasteiger partial charge in [0.15, 0.2) is 0 Å². The molecule has 2 nitrogen and oxygen atoms in total. The van der Waals surface area contributed by atoms with E-state index in [9.17, 15) is 0 Å². The lowest BCUT2D eigenvalue weighted by Crippen LogP contribution is -2.22. The Morgan fingerprint density at radius 3 is 2.68 bits per heavy atom. The molecule has 19 heavy (non-hydrogen) atoms. The van der Waals surface area contributed by atoms with Gasteiger partial charge >= 0.3 is 0 Å². The molecule has 0 amide bonds. The van der Waals surface area contributed by atoms with E-state index in [1.165, 1.54) is 9.13 Å².